The summed E-state index contributed by atoms with van der Waals surface area (Å²) in [5, 5.41) is 0. The van der Waals surface area contributed by atoms with Crippen molar-refractivity contribution in [2.24, 2.45) is 5.92 Å². The Kier molecular flexibility index (Phi) is 5.22. The van der Waals surface area contributed by atoms with Crippen molar-refractivity contribution >= 4 is 23.2 Å². The third-order valence-corrected chi connectivity index (χ3v) is 5.65. The molecular formula is C22H23F2N3O2. The van der Waals surface area contributed by atoms with Gasteiger partial charge in [-0.25, -0.2) is 8.78 Å². The molecule has 2 aliphatic rings. The van der Waals surface area contributed by atoms with Crippen molar-refractivity contribution in [3.63, 3.8) is 0 Å². The largest absolute Gasteiger partial charge is 0.368 e. The minimum atomic E-state index is -0.458. The number of aryl methyl sites for hydroxylation is 1. The van der Waals surface area contributed by atoms with E-state index in [1.807, 2.05) is 0 Å². The number of piperazine rings is 1. The molecule has 2 saturated heterocycles. The van der Waals surface area contributed by atoms with Crippen molar-refractivity contribution in [2.75, 3.05) is 42.5 Å². The van der Waals surface area contributed by atoms with Gasteiger partial charge in [0.05, 0.1) is 11.6 Å². The lowest BCUT2D eigenvalue weighted by Crippen LogP contribution is -2.50. The molecule has 0 aliphatic carbocycles. The highest BCUT2D eigenvalue weighted by Crippen LogP contribution is 2.29. The Morgan fingerprint density at radius 1 is 1.00 bits per heavy atom. The number of anilines is 2. The average molecular weight is 399 g/mol. The van der Waals surface area contributed by atoms with Gasteiger partial charge < -0.3 is 14.7 Å². The van der Waals surface area contributed by atoms with Crippen LogP contribution in [0.5, 0.6) is 0 Å². The molecule has 2 fully saturated rings. The molecule has 152 valence electrons. The standard InChI is InChI=1S/C22H23F2N3O2/c1-15-2-7-20(19(24)12-15)27-14-16(13-21(27)28)22(29)26-10-8-25(9-11-26)18-5-3-17(23)4-6-18/h2-7,12,16H,8-11,13-14H2,1H3. The molecule has 0 bridgehead atoms. The Bertz CT molecular complexity index is 924. The van der Waals surface area contributed by atoms with Crippen LogP contribution in [0.3, 0.4) is 0 Å². The molecule has 2 aromatic carbocycles. The number of nitrogens with zero attached hydrogens (tertiary/aromatic N) is 3. The highest BCUT2D eigenvalue weighted by Gasteiger charge is 2.38. The van der Waals surface area contributed by atoms with Crippen molar-refractivity contribution in [3.8, 4) is 0 Å². The van der Waals surface area contributed by atoms with Gasteiger partial charge in [0, 0.05) is 44.8 Å². The fraction of sp³-hybridized carbons (Fsp3) is 0.364. The summed E-state index contributed by atoms with van der Waals surface area (Å²) >= 11 is 0. The molecule has 0 N–H and O–H groups in total. The summed E-state index contributed by atoms with van der Waals surface area (Å²) in [6.07, 6.45) is 0.102. The summed E-state index contributed by atoms with van der Waals surface area (Å²) in [6, 6.07) is 11.1. The maximum atomic E-state index is 14.3. The van der Waals surface area contributed by atoms with Gasteiger partial charge in [0.25, 0.3) is 0 Å². The van der Waals surface area contributed by atoms with Gasteiger partial charge in [-0.3, -0.25) is 9.59 Å². The smallest absolute Gasteiger partial charge is 0.228 e. The van der Waals surface area contributed by atoms with E-state index in [-0.39, 0.29) is 36.3 Å². The fourth-order valence-electron chi connectivity index (χ4n) is 4.03. The van der Waals surface area contributed by atoms with E-state index in [4.69, 9.17) is 0 Å². The van der Waals surface area contributed by atoms with E-state index in [2.05, 4.69) is 4.90 Å². The number of carbonyl (C=O) groups excluding carboxylic acids is 2. The van der Waals surface area contributed by atoms with Crippen LogP contribution < -0.4 is 9.80 Å². The van der Waals surface area contributed by atoms with Crippen molar-refractivity contribution in [3.05, 3.63) is 59.7 Å². The summed E-state index contributed by atoms with van der Waals surface area (Å²) in [7, 11) is 0. The zero-order chi connectivity index (χ0) is 20.5. The Balaban J connectivity index is 1.38. The zero-order valence-corrected chi connectivity index (χ0v) is 16.3. The van der Waals surface area contributed by atoms with Crippen LogP contribution in [0.1, 0.15) is 12.0 Å². The summed E-state index contributed by atoms with van der Waals surface area (Å²) in [5.41, 5.74) is 1.94. The van der Waals surface area contributed by atoms with Gasteiger partial charge in [-0.15, -0.1) is 0 Å². The zero-order valence-electron chi connectivity index (χ0n) is 16.3. The number of rotatable bonds is 3. The van der Waals surface area contributed by atoms with E-state index in [0.717, 1.165) is 11.3 Å². The number of benzene rings is 2. The van der Waals surface area contributed by atoms with Gasteiger partial charge in [-0.2, -0.15) is 0 Å². The van der Waals surface area contributed by atoms with Gasteiger partial charge >= 0.3 is 0 Å². The highest BCUT2D eigenvalue weighted by atomic mass is 19.1. The third kappa shape index (κ3) is 3.95. The second-order valence-electron chi connectivity index (χ2n) is 7.65. The van der Waals surface area contributed by atoms with E-state index in [1.54, 1.807) is 36.1 Å². The number of amides is 2. The highest BCUT2D eigenvalue weighted by molar-refractivity contribution is 6.00. The third-order valence-electron chi connectivity index (χ3n) is 5.65. The topological polar surface area (TPSA) is 43.9 Å². The molecule has 2 aliphatic heterocycles. The van der Waals surface area contributed by atoms with Gasteiger partial charge in [0.2, 0.25) is 11.8 Å². The molecule has 1 unspecified atom stereocenters. The molecule has 2 amide bonds. The Hall–Kier alpha value is -2.96. The van der Waals surface area contributed by atoms with Gasteiger partial charge in [-0.1, -0.05) is 6.07 Å². The molecule has 7 heteroatoms. The van der Waals surface area contributed by atoms with Gasteiger partial charge in [-0.05, 0) is 48.9 Å². The Labute approximate surface area is 168 Å². The Morgan fingerprint density at radius 3 is 2.34 bits per heavy atom. The van der Waals surface area contributed by atoms with Crippen LogP contribution in [0, 0.1) is 24.5 Å². The lowest BCUT2D eigenvalue weighted by molar-refractivity contribution is -0.136. The molecule has 0 saturated carbocycles. The molecule has 2 aromatic rings. The lowest BCUT2D eigenvalue weighted by atomic mass is 10.1. The van der Waals surface area contributed by atoms with Crippen LogP contribution in [0.2, 0.25) is 0 Å². The second-order valence-corrected chi connectivity index (χ2v) is 7.65. The minimum absolute atomic E-state index is 0.0628. The maximum Gasteiger partial charge on any atom is 0.228 e. The molecule has 0 spiro atoms. The first-order chi connectivity index (χ1) is 13.9. The first kappa shape index (κ1) is 19.4. The number of hydrogen-bond acceptors (Lipinski definition) is 3. The van der Waals surface area contributed by atoms with Gasteiger partial charge in [0.15, 0.2) is 0 Å². The van der Waals surface area contributed by atoms with Crippen molar-refractivity contribution < 1.29 is 18.4 Å². The van der Waals surface area contributed by atoms with Crippen LogP contribution in [0.15, 0.2) is 42.5 Å². The van der Waals surface area contributed by atoms with E-state index in [1.165, 1.54) is 23.1 Å². The van der Waals surface area contributed by atoms with E-state index >= 15 is 0 Å². The summed E-state index contributed by atoms with van der Waals surface area (Å²) < 4.78 is 27.4. The van der Waals surface area contributed by atoms with Crippen molar-refractivity contribution in [1.29, 1.82) is 0 Å². The van der Waals surface area contributed by atoms with Crippen LogP contribution in [-0.4, -0.2) is 49.4 Å². The van der Waals surface area contributed by atoms with E-state index < -0.39 is 11.7 Å². The first-order valence-electron chi connectivity index (χ1n) is 9.78. The predicted octanol–water partition coefficient (Wildman–Crippen LogP) is 2.97. The summed E-state index contributed by atoms with van der Waals surface area (Å²) in [4.78, 5) is 30.6. The number of hydrogen-bond donors (Lipinski definition) is 0. The number of carbonyl (C=O) groups is 2. The van der Waals surface area contributed by atoms with Crippen LogP contribution >= 0.6 is 0 Å². The second kappa shape index (κ2) is 7.81. The van der Waals surface area contributed by atoms with Crippen molar-refractivity contribution in [1.82, 2.24) is 4.90 Å². The molecule has 29 heavy (non-hydrogen) atoms. The summed E-state index contributed by atoms with van der Waals surface area (Å²) in [5.74, 6) is -1.47. The van der Waals surface area contributed by atoms with Crippen LogP contribution in [0.25, 0.3) is 0 Å². The van der Waals surface area contributed by atoms with Crippen LogP contribution in [-0.2, 0) is 9.59 Å². The first-order valence-corrected chi connectivity index (χ1v) is 9.78. The number of halogens is 2. The molecular weight excluding hydrogens is 376 g/mol. The molecule has 1 atom stereocenters. The molecule has 0 radical (unpaired) electrons. The monoisotopic (exact) mass is 399 g/mol. The minimum Gasteiger partial charge on any atom is -0.368 e. The molecule has 2 heterocycles. The predicted molar refractivity (Wildman–Crippen MR) is 107 cm³/mol. The van der Waals surface area contributed by atoms with Gasteiger partial charge in [0.1, 0.15) is 11.6 Å². The lowest BCUT2D eigenvalue weighted by Gasteiger charge is -2.37. The maximum absolute atomic E-state index is 14.3. The Morgan fingerprint density at radius 2 is 1.69 bits per heavy atom. The average Bonchev–Trinajstić information content (AvgIpc) is 3.09. The molecule has 0 aromatic heterocycles. The van der Waals surface area contributed by atoms with Crippen molar-refractivity contribution in [2.45, 2.75) is 13.3 Å². The van der Waals surface area contributed by atoms with Crippen LogP contribution in [0.4, 0.5) is 20.2 Å². The summed E-state index contributed by atoms with van der Waals surface area (Å²) in [6.45, 7) is 4.37. The fourth-order valence-corrected chi connectivity index (χ4v) is 4.03. The quantitative estimate of drug-likeness (QED) is 0.797. The van der Waals surface area contributed by atoms with E-state index in [0.29, 0.717) is 26.2 Å². The molecule has 5 nitrogen and oxygen atoms in total. The van der Waals surface area contributed by atoms with E-state index in [9.17, 15) is 18.4 Å². The molecule has 4 rings (SSSR count). The normalized spacial score (nSPS) is 19.8. The SMILES string of the molecule is Cc1ccc(N2CC(C(=O)N3CCN(c4ccc(F)cc4)CC3)CC2=O)c(F)c1.